The number of hydrogen-bond donors (Lipinski definition) is 1. The van der Waals surface area contributed by atoms with E-state index in [4.69, 9.17) is 0 Å². The molecule has 1 saturated carbocycles. The molecule has 1 atom stereocenters. The molecule has 1 aromatic carbocycles. The Kier molecular flexibility index (Phi) is 5.57. The van der Waals surface area contributed by atoms with Crippen LogP contribution in [0, 0.1) is 13.8 Å². The van der Waals surface area contributed by atoms with Gasteiger partial charge in [0.15, 0.2) is 0 Å². The molecule has 1 aromatic rings. The van der Waals surface area contributed by atoms with Gasteiger partial charge in [-0.1, -0.05) is 43.0 Å². The first kappa shape index (κ1) is 15.9. The topological polar surface area (TPSA) is 12.0 Å². The van der Waals surface area contributed by atoms with E-state index in [1.807, 2.05) is 0 Å². The van der Waals surface area contributed by atoms with E-state index in [-0.39, 0.29) is 0 Å². The third-order valence-corrected chi connectivity index (χ3v) is 6.24. The highest BCUT2D eigenvalue weighted by Crippen LogP contribution is 2.38. The lowest BCUT2D eigenvalue weighted by molar-refractivity contribution is 0.367. The van der Waals surface area contributed by atoms with E-state index in [1.54, 1.807) is 0 Å². The highest BCUT2D eigenvalue weighted by Gasteiger charge is 2.31. The summed E-state index contributed by atoms with van der Waals surface area (Å²) < 4.78 is 0.477. The Hall–Kier alpha value is -0.470. The summed E-state index contributed by atoms with van der Waals surface area (Å²) in [5, 5.41) is 3.80. The van der Waals surface area contributed by atoms with Gasteiger partial charge in [-0.15, -0.1) is 0 Å². The van der Waals surface area contributed by atoms with Crippen molar-refractivity contribution in [3.63, 3.8) is 0 Å². The van der Waals surface area contributed by atoms with Crippen LogP contribution in [0.4, 0.5) is 0 Å². The summed E-state index contributed by atoms with van der Waals surface area (Å²) in [7, 11) is 0. The number of aryl methyl sites for hydroxylation is 2. The van der Waals surface area contributed by atoms with Gasteiger partial charge in [0, 0.05) is 17.3 Å². The summed E-state index contributed by atoms with van der Waals surface area (Å²) in [6.07, 6.45) is 9.27. The third kappa shape index (κ3) is 3.79. The van der Waals surface area contributed by atoms with Crippen molar-refractivity contribution in [2.45, 2.75) is 63.7 Å². The zero-order valence-electron chi connectivity index (χ0n) is 13.5. The summed E-state index contributed by atoms with van der Waals surface area (Å²) >= 11 is 2.07. The molecule has 2 heteroatoms. The number of benzene rings is 1. The standard InChI is InChI=1S/C18H29NS/c1-14-8-9-17(15(2)12-14)16(3)19-13-18(20-4)10-6-5-7-11-18/h8-9,12,16,19H,5-7,10-11,13H2,1-4H3. The van der Waals surface area contributed by atoms with Crippen LogP contribution in [0.2, 0.25) is 0 Å². The minimum absolute atomic E-state index is 0.446. The van der Waals surface area contributed by atoms with Gasteiger partial charge in [-0.3, -0.25) is 0 Å². The zero-order valence-corrected chi connectivity index (χ0v) is 14.3. The highest BCUT2D eigenvalue weighted by atomic mass is 32.2. The van der Waals surface area contributed by atoms with Gasteiger partial charge in [0.2, 0.25) is 0 Å². The molecular formula is C18H29NS. The fourth-order valence-electron chi connectivity index (χ4n) is 3.41. The second-order valence-electron chi connectivity index (χ2n) is 6.41. The predicted octanol–water partition coefficient (Wildman–Crippen LogP) is 5.02. The molecule has 0 aromatic heterocycles. The Morgan fingerprint density at radius 2 is 1.90 bits per heavy atom. The normalized spacial score (nSPS) is 19.8. The molecule has 0 saturated heterocycles. The first-order valence-corrected chi connectivity index (χ1v) is 9.14. The van der Waals surface area contributed by atoms with Crippen molar-refractivity contribution in [1.82, 2.24) is 5.32 Å². The van der Waals surface area contributed by atoms with Gasteiger partial charge < -0.3 is 5.32 Å². The number of rotatable bonds is 5. The minimum Gasteiger partial charge on any atom is -0.309 e. The van der Waals surface area contributed by atoms with Crippen molar-refractivity contribution in [2.24, 2.45) is 0 Å². The minimum atomic E-state index is 0.446. The van der Waals surface area contributed by atoms with Crippen LogP contribution in [-0.2, 0) is 0 Å². The molecule has 0 amide bonds. The van der Waals surface area contributed by atoms with E-state index in [0.29, 0.717) is 10.8 Å². The SMILES string of the molecule is CSC1(CNC(C)c2ccc(C)cc2C)CCCCC1. The number of hydrogen-bond acceptors (Lipinski definition) is 2. The lowest BCUT2D eigenvalue weighted by atomic mass is 9.88. The maximum absolute atomic E-state index is 3.80. The van der Waals surface area contributed by atoms with Gasteiger partial charge >= 0.3 is 0 Å². The molecule has 2 rings (SSSR count). The van der Waals surface area contributed by atoms with Gasteiger partial charge in [-0.25, -0.2) is 0 Å². The van der Waals surface area contributed by atoms with E-state index in [2.05, 4.69) is 62.3 Å². The third-order valence-electron chi connectivity index (χ3n) is 4.82. The molecule has 1 unspecified atom stereocenters. The average molecular weight is 292 g/mol. The maximum atomic E-state index is 3.80. The predicted molar refractivity (Wildman–Crippen MR) is 91.7 cm³/mol. The van der Waals surface area contributed by atoms with E-state index in [1.165, 1.54) is 48.8 Å². The lowest BCUT2D eigenvalue weighted by Gasteiger charge is -2.37. The van der Waals surface area contributed by atoms with Gasteiger partial charge in [-0.05, 0) is 51.0 Å². The highest BCUT2D eigenvalue weighted by molar-refractivity contribution is 8.00. The molecule has 20 heavy (non-hydrogen) atoms. The fraction of sp³-hybridized carbons (Fsp3) is 0.667. The molecule has 1 N–H and O–H groups in total. The van der Waals surface area contributed by atoms with Crippen molar-refractivity contribution in [3.05, 3.63) is 34.9 Å². The van der Waals surface area contributed by atoms with Crippen LogP contribution in [-0.4, -0.2) is 17.5 Å². The van der Waals surface area contributed by atoms with E-state index in [0.717, 1.165) is 6.54 Å². The lowest BCUT2D eigenvalue weighted by Crippen LogP contribution is -2.40. The molecule has 0 aliphatic heterocycles. The molecule has 0 radical (unpaired) electrons. The summed E-state index contributed by atoms with van der Waals surface area (Å²) in [4.78, 5) is 0. The van der Waals surface area contributed by atoms with E-state index in [9.17, 15) is 0 Å². The van der Waals surface area contributed by atoms with E-state index < -0.39 is 0 Å². The Balaban J connectivity index is 1.98. The van der Waals surface area contributed by atoms with Crippen LogP contribution in [0.25, 0.3) is 0 Å². The van der Waals surface area contributed by atoms with Gasteiger partial charge in [0.1, 0.15) is 0 Å². The molecular weight excluding hydrogens is 262 g/mol. The second-order valence-corrected chi connectivity index (χ2v) is 7.68. The van der Waals surface area contributed by atoms with Crippen LogP contribution < -0.4 is 5.32 Å². The Bertz CT molecular complexity index is 435. The van der Waals surface area contributed by atoms with E-state index >= 15 is 0 Å². The maximum Gasteiger partial charge on any atom is 0.0294 e. The zero-order chi connectivity index (χ0) is 14.6. The molecule has 0 heterocycles. The molecule has 1 aliphatic rings. The van der Waals surface area contributed by atoms with Crippen molar-refractivity contribution in [2.75, 3.05) is 12.8 Å². The van der Waals surface area contributed by atoms with Crippen LogP contribution in [0.15, 0.2) is 18.2 Å². The Labute approximate surface area is 128 Å². The van der Waals surface area contributed by atoms with Gasteiger partial charge in [0.25, 0.3) is 0 Å². The van der Waals surface area contributed by atoms with Gasteiger partial charge in [-0.2, -0.15) is 11.8 Å². The first-order chi connectivity index (χ1) is 9.56. The Morgan fingerprint density at radius 3 is 2.50 bits per heavy atom. The smallest absolute Gasteiger partial charge is 0.0294 e. The molecule has 0 spiro atoms. The summed E-state index contributed by atoms with van der Waals surface area (Å²) in [6.45, 7) is 7.84. The summed E-state index contributed by atoms with van der Waals surface area (Å²) in [5.74, 6) is 0. The largest absolute Gasteiger partial charge is 0.309 e. The fourth-order valence-corrected chi connectivity index (χ4v) is 4.33. The van der Waals surface area contributed by atoms with Crippen LogP contribution in [0.3, 0.4) is 0 Å². The van der Waals surface area contributed by atoms with Crippen molar-refractivity contribution in [3.8, 4) is 0 Å². The average Bonchev–Trinajstić information content (AvgIpc) is 2.46. The van der Waals surface area contributed by atoms with Crippen molar-refractivity contribution in [1.29, 1.82) is 0 Å². The quantitative estimate of drug-likeness (QED) is 0.817. The van der Waals surface area contributed by atoms with Crippen molar-refractivity contribution >= 4 is 11.8 Å². The monoisotopic (exact) mass is 291 g/mol. The molecule has 112 valence electrons. The molecule has 1 fully saturated rings. The summed E-state index contributed by atoms with van der Waals surface area (Å²) in [6, 6.07) is 7.25. The van der Waals surface area contributed by atoms with Crippen LogP contribution in [0.1, 0.15) is 61.8 Å². The molecule has 1 aliphatic carbocycles. The van der Waals surface area contributed by atoms with Crippen molar-refractivity contribution < 1.29 is 0 Å². The number of thioether (sulfide) groups is 1. The van der Waals surface area contributed by atoms with Gasteiger partial charge in [0.05, 0.1) is 0 Å². The molecule has 1 nitrogen and oxygen atoms in total. The summed E-state index contributed by atoms with van der Waals surface area (Å²) in [5.41, 5.74) is 4.21. The van der Waals surface area contributed by atoms with Crippen LogP contribution in [0.5, 0.6) is 0 Å². The van der Waals surface area contributed by atoms with Crippen LogP contribution >= 0.6 is 11.8 Å². The second kappa shape index (κ2) is 7.00. The Morgan fingerprint density at radius 1 is 1.20 bits per heavy atom. The first-order valence-electron chi connectivity index (χ1n) is 7.92. The molecule has 0 bridgehead atoms. The number of nitrogens with one attached hydrogen (secondary N) is 1.